The summed E-state index contributed by atoms with van der Waals surface area (Å²) in [5.41, 5.74) is 4.90. The molecule has 0 heterocycles. The zero-order valence-corrected chi connectivity index (χ0v) is 18.3. The minimum absolute atomic E-state index is 0.0523. The van der Waals surface area contributed by atoms with Crippen LogP contribution in [-0.2, 0) is 0 Å². The van der Waals surface area contributed by atoms with Gasteiger partial charge in [-0.15, -0.1) is 0 Å². The van der Waals surface area contributed by atoms with Gasteiger partial charge in [-0.2, -0.15) is 0 Å². The van der Waals surface area contributed by atoms with E-state index in [1.165, 1.54) is 6.07 Å². The maximum atomic E-state index is 11.3. The molecule has 0 bridgehead atoms. The van der Waals surface area contributed by atoms with E-state index in [2.05, 4.69) is 0 Å². The first-order chi connectivity index (χ1) is 14.4. The highest BCUT2D eigenvalue weighted by Crippen LogP contribution is 2.31. The third-order valence-corrected chi connectivity index (χ3v) is 5.43. The first-order valence-electron chi connectivity index (χ1n) is 9.41. The summed E-state index contributed by atoms with van der Waals surface area (Å²) in [7, 11) is 7.98. The van der Waals surface area contributed by atoms with Crippen molar-refractivity contribution in [3.05, 3.63) is 94.0 Å². The van der Waals surface area contributed by atoms with Crippen LogP contribution in [0.2, 0.25) is 0 Å². The van der Waals surface area contributed by atoms with Crippen LogP contribution in [-0.4, -0.2) is 38.8 Å². The van der Waals surface area contributed by atoms with Crippen LogP contribution >= 0.6 is 11.9 Å². The largest absolute Gasteiger partial charge is 0.378 e. The second-order valence-corrected chi connectivity index (χ2v) is 7.94. The van der Waals surface area contributed by atoms with E-state index in [0.717, 1.165) is 40.2 Å². The SMILES string of the molecule is CN(C)c1ccc(C(=NSc2ccccc2[N+](=O)[O-])c2ccc(N(C)C)cc2)cc1. The van der Waals surface area contributed by atoms with Gasteiger partial charge in [-0.3, -0.25) is 10.1 Å². The lowest BCUT2D eigenvalue weighted by atomic mass is 10.0. The van der Waals surface area contributed by atoms with Crippen molar-refractivity contribution in [2.45, 2.75) is 4.90 Å². The van der Waals surface area contributed by atoms with Crippen molar-refractivity contribution in [2.24, 2.45) is 4.40 Å². The second kappa shape index (κ2) is 9.45. The van der Waals surface area contributed by atoms with E-state index < -0.39 is 0 Å². The summed E-state index contributed by atoms with van der Waals surface area (Å²) >= 11 is 1.12. The number of benzene rings is 3. The summed E-state index contributed by atoms with van der Waals surface area (Å²) in [5, 5.41) is 11.3. The number of hydrogen-bond donors (Lipinski definition) is 0. The number of hydrogen-bond acceptors (Lipinski definition) is 6. The van der Waals surface area contributed by atoms with Gasteiger partial charge in [-0.1, -0.05) is 36.4 Å². The lowest BCUT2D eigenvalue weighted by Gasteiger charge is -2.15. The Balaban J connectivity index is 2.03. The average molecular weight is 421 g/mol. The van der Waals surface area contributed by atoms with E-state index in [1.54, 1.807) is 18.2 Å². The van der Waals surface area contributed by atoms with Gasteiger partial charge in [0, 0.05) is 68.7 Å². The summed E-state index contributed by atoms with van der Waals surface area (Å²) in [6.45, 7) is 0. The molecule has 0 saturated heterocycles. The van der Waals surface area contributed by atoms with Crippen LogP contribution in [0.15, 0.2) is 82.1 Å². The molecule has 3 aromatic carbocycles. The predicted molar refractivity (Wildman–Crippen MR) is 126 cm³/mol. The maximum Gasteiger partial charge on any atom is 0.284 e. The van der Waals surface area contributed by atoms with E-state index >= 15 is 0 Å². The lowest BCUT2D eigenvalue weighted by Crippen LogP contribution is -2.10. The van der Waals surface area contributed by atoms with Gasteiger partial charge >= 0.3 is 0 Å². The lowest BCUT2D eigenvalue weighted by molar-refractivity contribution is -0.387. The van der Waals surface area contributed by atoms with Crippen LogP contribution in [0.25, 0.3) is 0 Å². The molecule has 0 aliphatic rings. The van der Waals surface area contributed by atoms with Crippen LogP contribution in [0, 0.1) is 10.1 Å². The number of rotatable bonds is 7. The van der Waals surface area contributed by atoms with Crippen molar-refractivity contribution < 1.29 is 4.92 Å². The van der Waals surface area contributed by atoms with Gasteiger partial charge in [0.15, 0.2) is 0 Å². The standard InChI is InChI=1S/C23H24N4O2S/c1-25(2)19-13-9-17(10-14-19)23(18-11-15-20(16-12-18)26(3)4)24-30-22-8-6-5-7-21(22)27(28)29/h5-16H,1-4H3. The number of nitrogens with zero attached hydrogens (tertiary/aromatic N) is 4. The smallest absolute Gasteiger partial charge is 0.284 e. The molecule has 0 unspecified atom stereocenters. The first-order valence-corrected chi connectivity index (χ1v) is 10.2. The van der Waals surface area contributed by atoms with E-state index in [4.69, 9.17) is 4.40 Å². The Morgan fingerprint density at radius 1 is 0.800 bits per heavy atom. The molecule has 0 amide bonds. The summed E-state index contributed by atoms with van der Waals surface area (Å²) in [5.74, 6) is 0. The fourth-order valence-electron chi connectivity index (χ4n) is 2.89. The fraction of sp³-hybridized carbons (Fsp3) is 0.174. The van der Waals surface area contributed by atoms with Gasteiger partial charge in [-0.05, 0) is 30.3 Å². The molecule has 6 nitrogen and oxygen atoms in total. The monoisotopic (exact) mass is 420 g/mol. The topological polar surface area (TPSA) is 62.0 Å². The highest BCUT2D eigenvalue weighted by atomic mass is 32.2. The van der Waals surface area contributed by atoms with Gasteiger partial charge in [0.25, 0.3) is 5.69 Å². The van der Waals surface area contributed by atoms with Crippen LogP contribution in [0.5, 0.6) is 0 Å². The van der Waals surface area contributed by atoms with E-state index in [1.807, 2.05) is 86.5 Å². The van der Waals surface area contributed by atoms with Crippen molar-refractivity contribution in [1.82, 2.24) is 0 Å². The molecular formula is C23H24N4O2S. The quantitative estimate of drug-likeness (QED) is 0.225. The zero-order valence-electron chi connectivity index (χ0n) is 17.4. The minimum atomic E-state index is -0.380. The molecule has 0 aliphatic carbocycles. The average Bonchev–Trinajstić information content (AvgIpc) is 2.74. The van der Waals surface area contributed by atoms with Crippen molar-refractivity contribution in [1.29, 1.82) is 0 Å². The number of nitro benzene ring substituents is 1. The van der Waals surface area contributed by atoms with E-state index in [9.17, 15) is 10.1 Å². The molecule has 30 heavy (non-hydrogen) atoms. The zero-order chi connectivity index (χ0) is 21.7. The number of nitro groups is 1. The van der Waals surface area contributed by atoms with Crippen molar-refractivity contribution in [2.75, 3.05) is 38.0 Å². The summed E-state index contributed by atoms with van der Waals surface area (Å²) in [6, 6.07) is 22.9. The van der Waals surface area contributed by atoms with Gasteiger partial charge in [0.1, 0.15) is 4.90 Å². The minimum Gasteiger partial charge on any atom is -0.378 e. The molecule has 0 atom stereocenters. The first kappa shape index (κ1) is 21.4. The molecule has 0 spiro atoms. The van der Waals surface area contributed by atoms with E-state index in [0.29, 0.717) is 4.90 Å². The molecule has 0 saturated carbocycles. The van der Waals surface area contributed by atoms with Gasteiger partial charge < -0.3 is 9.80 Å². The molecule has 0 aromatic heterocycles. The van der Waals surface area contributed by atoms with Gasteiger partial charge in [0.05, 0.1) is 10.6 Å². The van der Waals surface area contributed by atoms with Crippen LogP contribution in [0.3, 0.4) is 0 Å². The Morgan fingerprint density at radius 3 is 1.70 bits per heavy atom. The Hall–Kier alpha value is -3.32. The normalized spacial score (nSPS) is 10.4. The molecule has 3 rings (SSSR count). The van der Waals surface area contributed by atoms with E-state index in [-0.39, 0.29) is 10.6 Å². The Bertz CT molecular complexity index is 992. The molecule has 0 N–H and O–H groups in total. The van der Waals surface area contributed by atoms with Crippen LogP contribution < -0.4 is 9.80 Å². The molecule has 0 fully saturated rings. The molecule has 3 aromatic rings. The van der Waals surface area contributed by atoms with Crippen molar-refractivity contribution in [3.8, 4) is 0 Å². The Labute approximate surface area is 181 Å². The molecule has 0 aliphatic heterocycles. The van der Waals surface area contributed by atoms with Crippen LogP contribution in [0.1, 0.15) is 11.1 Å². The molecular weight excluding hydrogens is 396 g/mol. The number of anilines is 2. The predicted octanol–water partition coefficient (Wildman–Crippen LogP) is 5.27. The maximum absolute atomic E-state index is 11.3. The van der Waals surface area contributed by atoms with Crippen molar-refractivity contribution in [3.63, 3.8) is 0 Å². The molecule has 7 heteroatoms. The summed E-state index contributed by atoms with van der Waals surface area (Å²) < 4.78 is 4.73. The Morgan fingerprint density at radius 2 is 1.27 bits per heavy atom. The number of para-hydroxylation sites is 1. The third-order valence-electron chi connectivity index (χ3n) is 4.61. The highest BCUT2D eigenvalue weighted by molar-refractivity contribution is 7.98. The van der Waals surface area contributed by atoms with Crippen LogP contribution in [0.4, 0.5) is 17.1 Å². The second-order valence-electron chi connectivity index (χ2n) is 7.14. The molecule has 0 radical (unpaired) electrons. The highest BCUT2D eigenvalue weighted by Gasteiger charge is 2.14. The van der Waals surface area contributed by atoms with Crippen molar-refractivity contribution >= 4 is 34.7 Å². The van der Waals surface area contributed by atoms with Gasteiger partial charge in [-0.25, -0.2) is 4.40 Å². The summed E-state index contributed by atoms with van der Waals surface area (Å²) in [6.07, 6.45) is 0. The van der Waals surface area contributed by atoms with Gasteiger partial charge in [0.2, 0.25) is 0 Å². The molecule has 154 valence electrons. The Kier molecular flexibility index (Phi) is 6.74. The fourth-order valence-corrected chi connectivity index (χ4v) is 3.66. The third kappa shape index (κ3) is 4.99. The summed E-state index contributed by atoms with van der Waals surface area (Å²) in [4.78, 5) is 15.5.